The van der Waals surface area contributed by atoms with Crippen LogP contribution in [0.5, 0.6) is 0 Å². The number of hydrogen-bond donors (Lipinski definition) is 0. The molecule has 1 aromatic heterocycles. The van der Waals surface area contributed by atoms with Crippen molar-refractivity contribution in [3.05, 3.63) is 16.8 Å². The van der Waals surface area contributed by atoms with E-state index < -0.39 is 10.1 Å². The number of rotatable bonds is 5. The molecule has 1 heterocycles. The van der Waals surface area contributed by atoms with Gasteiger partial charge in [-0.05, 0) is 17.9 Å². The molecule has 0 spiro atoms. The molecule has 0 atom stereocenters. The summed E-state index contributed by atoms with van der Waals surface area (Å²) in [5.74, 6) is 0. The van der Waals surface area contributed by atoms with Crippen molar-refractivity contribution in [2.24, 2.45) is 0 Å². The van der Waals surface area contributed by atoms with E-state index in [9.17, 15) is 8.42 Å². The second-order valence-electron chi connectivity index (χ2n) is 2.59. The number of hydrogen-bond acceptors (Lipinski definition) is 4. The molecule has 0 bridgehead atoms. The van der Waals surface area contributed by atoms with Crippen LogP contribution in [0.25, 0.3) is 0 Å². The molecule has 0 fully saturated rings. The van der Waals surface area contributed by atoms with Crippen LogP contribution < -0.4 is 0 Å². The molecule has 14 heavy (non-hydrogen) atoms. The molecular formula is C8H13NaO3S2. The fraction of sp³-hybridized carbons (Fsp3) is 0.500. The SMILES string of the molecule is CCCCOS(=O)(=O)c1ccsc1.[NaH]. The van der Waals surface area contributed by atoms with Gasteiger partial charge in [0.15, 0.2) is 0 Å². The molecule has 6 heteroatoms. The van der Waals surface area contributed by atoms with Gasteiger partial charge in [0, 0.05) is 5.38 Å². The molecule has 0 aliphatic carbocycles. The van der Waals surface area contributed by atoms with Gasteiger partial charge < -0.3 is 0 Å². The first-order valence-electron chi connectivity index (χ1n) is 4.08. The molecule has 0 aliphatic rings. The van der Waals surface area contributed by atoms with E-state index in [1.54, 1.807) is 16.8 Å². The Morgan fingerprint density at radius 1 is 1.50 bits per heavy atom. The van der Waals surface area contributed by atoms with Crippen LogP contribution in [0.2, 0.25) is 0 Å². The Labute approximate surface area is 111 Å². The van der Waals surface area contributed by atoms with Gasteiger partial charge in [-0.1, -0.05) is 13.3 Å². The van der Waals surface area contributed by atoms with E-state index in [0.29, 0.717) is 0 Å². The fourth-order valence-electron chi connectivity index (χ4n) is 0.775. The zero-order valence-electron chi connectivity index (χ0n) is 7.39. The molecule has 0 unspecified atom stereocenters. The van der Waals surface area contributed by atoms with Crippen molar-refractivity contribution >= 4 is 51.0 Å². The van der Waals surface area contributed by atoms with Crippen LogP contribution >= 0.6 is 11.3 Å². The number of thiophene rings is 1. The van der Waals surface area contributed by atoms with Gasteiger partial charge in [0.2, 0.25) is 0 Å². The summed E-state index contributed by atoms with van der Waals surface area (Å²) in [5, 5.41) is 3.29. The maximum absolute atomic E-state index is 11.4. The van der Waals surface area contributed by atoms with Crippen molar-refractivity contribution < 1.29 is 12.6 Å². The van der Waals surface area contributed by atoms with Crippen molar-refractivity contribution in [3.8, 4) is 0 Å². The molecule has 0 aromatic carbocycles. The summed E-state index contributed by atoms with van der Waals surface area (Å²) in [7, 11) is -3.48. The molecule has 0 radical (unpaired) electrons. The van der Waals surface area contributed by atoms with E-state index in [1.165, 1.54) is 11.3 Å². The standard InChI is InChI=1S/C8H12O3S2.Na.H/c1-2-3-5-11-13(9,10)8-4-6-12-7-8;;/h4,6-7H,2-3,5H2,1H3;;. The zero-order chi connectivity index (χ0) is 9.73. The first-order valence-corrected chi connectivity index (χ1v) is 6.43. The summed E-state index contributed by atoms with van der Waals surface area (Å²) in [6, 6.07) is 1.55. The van der Waals surface area contributed by atoms with Gasteiger partial charge in [0.1, 0.15) is 4.90 Å². The van der Waals surface area contributed by atoms with Crippen molar-refractivity contribution in [1.82, 2.24) is 0 Å². The minimum absolute atomic E-state index is 0. The molecule has 0 saturated carbocycles. The van der Waals surface area contributed by atoms with E-state index in [0.717, 1.165) is 12.8 Å². The third-order valence-corrected chi connectivity index (χ3v) is 3.66. The maximum atomic E-state index is 11.4. The summed E-state index contributed by atoms with van der Waals surface area (Å²) in [4.78, 5) is 0.258. The van der Waals surface area contributed by atoms with Crippen molar-refractivity contribution in [2.75, 3.05) is 6.61 Å². The summed E-state index contributed by atoms with van der Waals surface area (Å²) in [5.41, 5.74) is 0. The molecule has 76 valence electrons. The Morgan fingerprint density at radius 2 is 2.21 bits per heavy atom. The van der Waals surface area contributed by atoms with Crippen LogP contribution in [-0.2, 0) is 14.3 Å². The van der Waals surface area contributed by atoms with E-state index >= 15 is 0 Å². The first-order chi connectivity index (χ1) is 6.17. The van der Waals surface area contributed by atoms with Crippen LogP contribution in [0.4, 0.5) is 0 Å². The molecular weight excluding hydrogens is 231 g/mol. The van der Waals surface area contributed by atoms with Crippen LogP contribution in [0, 0.1) is 0 Å². The minimum atomic E-state index is -3.48. The van der Waals surface area contributed by atoms with Gasteiger partial charge in [0.05, 0.1) is 6.61 Å². The van der Waals surface area contributed by atoms with Gasteiger partial charge in [0.25, 0.3) is 10.1 Å². The Bertz CT molecular complexity index is 331. The van der Waals surface area contributed by atoms with Crippen molar-refractivity contribution in [1.29, 1.82) is 0 Å². The molecule has 3 nitrogen and oxygen atoms in total. The molecule has 1 aromatic rings. The molecule has 0 aliphatic heterocycles. The summed E-state index contributed by atoms with van der Waals surface area (Å²) >= 11 is 1.35. The van der Waals surface area contributed by atoms with E-state index in [4.69, 9.17) is 4.18 Å². The summed E-state index contributed by atoms with van der Waals surface area (Å²) in [6.45, 7) is 2.26. The predicted octanol–water partition coefficient (Wildman–Crippen LogP) is 1.61. The van der Waals surface area contributed by atoms with Crippen LogP contribution in [0.15, 0.2) is 21.7 Å². The zero-order valence-corrected chi connectivity index (χ0v) is 9.03. The quantitative estimate of drug-likeness (QED) is 0.449. The van der Waals surface area contributed by atoms with Gasteiger partial charge >= 0.3 is 29.6 Å². The second kappa shape index (κ2) is 6.98. The predicted molar refractivity (Wildman–Crippen MR) is 59.5 cm³/mol. The van der Waals surface area contributed by atoms with Crippen LogP contribution in [-0.4, -0.2) is 44.6 Å². The van der Waals surface area contributed by atoms with Gasteiger partial charge in [-0.25, -0.2) is 0 Å². The summed E-state index contributed by atoms with van der Waals surface area (Å²) in [6.07, 6.45) is 1.70. The molecule has 0 N–H and O–H groups in total. The second-order valence-corrected chi connectivity index (χ2v) is 4.98. The Hall–Kier alpha value is 0.610. The van der Waals surface area contributed by atoms with E-state index in [1.807, 2.05) is 6.92 Å². The molecule has 0 saturated heterocycles. The van der Waals surface area contributed by atoms with Crippen molar-refractivity contribution in [3.63, 3.8) is 0 Å². The topological polar surface area (TPSA) is 43.4 Å². The van der Waals surface area contributed by atoms with Gasteiger partial charge in [-0.3, -0.25) is 4.18 Å². The molecule has 1 rings (SSSR count). The Kier molecular flexibility index (Phi) is 7.28. The van der Waals surface area contributed by atoms with Crippen LogP contribution in [0.1, 0.15) is 19.8 Å². The van der Waals surface area contributed by atoms with E-state index in [2.05, 4.69) is 0 Å². The van der Waals surface area contributed by atoms with Gasteiger partial charge in [-0.2, -0.15) is 19.8 Å². The van der Waals surface area contributed by atoms with E-state index in [-0.39, 0.29) is 41.1 Å². The monoisotopic (exact) mass is 244 g/mol. The van der Waals surface area contributed by atoms with Crippen LogP contribution in [0.3, 0.4) is 0 Å². The third kappa shape index (κ3) is 4.42. The normalized spacial score (nSPS) is 10.9. The van der Waals surface area contributed by atoms with Crippen molar-refractivity contribution in [2.45, 2.75) is 24.7 Å². The third-order valence-electron chi connectivity index (χ3n) is 1.52. The average Bonchev–Trinajstić information content (AvgIpc) is 2.56. The first kappa shape index (κ1) is 14.6. The molecule has 0 amide bonds. The average molecular weight is 244 g/mol. The number of unbranched alkanes of at least 4 members (excludes halogenated alkanes) is 1. The Balaban J connectivity index is 0.00000169. The summed E-state index contributed by atoms with van der Waals surface area (Å²) < 4.78 is 27.5. The Morgan fingerprint density at radius 3 is 2.71 bits per heavy atom. The van der Waals surface area contributed by atoms with Gasteiger partial charge in [-0.15, -0.1) is 0 Å². The fourth-order valence-corrected chi connectivity index (χ4v) is 2.72.